The molecule has 0 aromatic heterocycles. The minimum Gasteiger partial charge on any atom is -0.314 e. The summed E-state index contributed by atoms with van der Waals surface area (Å²) in [6.45, 7) is 8.57. The predicted molar refractivity (Wildman–Crippen MR) is 77.9 cm³/mol. The van der Waals surface area contributed by atoms with Crippen LogP contribution in [-0.2, 0) is 0 Å². The van der Waals surface area contributed by atoms with Crippen LogP contribution in [-0.4, -0.2) is 61.7 Å². The highest BCUT2D eigenvalue weighted by molar-refractivity contribution is 4.90. The number of hydrogen-bond donors (Lipinski definition) is 1. The normalized spacial score (nSPS) is 36.2. The van der Waals surface area contributed by atoms with Gasteiger partial charge in [-0.05, 0) is 52.7 Å². The van der Waals surface area contributed by atoms with E-state index in [2.05, 4.69) is 43.1 Å². The van der Waals surface area contributed by atoms with Crippen molar-refractivity contribution >= 4 is 0 Å². The summed E-state index contributed by atoms with van der Waals surface area (Å²) in [7, 11) is 4.44. The van der Waals surface area contributed by atoms with Gasteiger partial charge in [0.15, 0.2) is 0 Å². The topological polar surface area (TPSA) is 18.5 Å². The van der Waals surface area contributed by atoms with Crippen molar-refractivity contribution in [1.82, 2.24) is 15.1 Å². The molecule has 18 heavy (non-hydrogen) atoms. The maximum absolute atomic E-state index is 3.68. The van der Waals surface area contributed by atoms with Crippen LogP contribution in [0.15, 0.2) is 0 Å². The Morgan fingerprint density at radius 1 is 1.28 bits per heavy atom. The largest absolute Gasteiger partial charge is 0.314 e. The highest BCUT2D eigenvalue weighted by Crippen LogP contribution is 2.24. The third-order valence-corrected chi connectivity index (χ3v) is 4.93. The molecule has 0 aliphatic carbocycles. The van der Waals surface area contributed by atoms with Crippen molar-refractivity contribution in [3.8, 4) is 0 Å². The molecule has 0 amide bonds. The molecule has 3 heteroatoms. The van der Waals surface area contributed by atoms with Crippen molar-refractivity contribution in [2.75, 3.05) is 33.7 Å². The van der Waals surface area contributed by atoms with Gasteiger partial charge in [0, 0.05) is 31.2 Å². The fourth-order valence-corrected chi connectivity index (χ4v) is 3.70. The lowest BCUT2D eigenvalue weighted by Crippen LogP contribution is -2.42. The standard InChI is InChI=1S/C15H31N3/c1-12-10-18(11-15(12)17(3)4)13(2)9-14-7-5-6-8-16-14/h12-16H,5-11H2,1-4H3. The molecule has 2 aliphatic rings. The fourth-order valence-electron chi connectivity index (χ4n) is 3.70. The van der Waals surface area contributed by atoms with Crippen LogP contribution in [0.2, 0.25) is 0 Å². The van der Waals surface area contributed by atoms with Gasteiger partial charge < -0.3 is 10.2 Å². The molecule has 1 N–H and O–H groups in total. The molecule has 2 heterocycles. The Morgan fingerprint density at radius 3 is 2.61 bits per heavy atom. The Kier molecular flexibility index (Phi) is 5.05. The van der Waals surface area contributed by atoms with E-state index < -0.39 is 0 Å². The molecule has 0 aromatic rings. The molecule has 0 radical (unpaired) electrons. The van der Waals surface area contributed by atoms with Crippen LogP contribution < -0.4 is 5.32 Å². The number of likely N-dealkylation sites (tertiary alicyclic amines) is 1. The molecular formula is C15H31N3. The number of nitrogens with one attached hydrogen (secondary N) is 1. The molecule has 0 bridgehead atoms. The van der Waals surface area contributed by atoms with E-state index >= 15 is 0 Å². The average molecular weight is 253 g/mol. The van der Waals surface area contributed by atoms with E-state index in [1.165, 1.54) is 45.3 Å². The molecule has 4 atom stereocenters. The molecule has 0 aromatic carbocycles. The van der Waals surface area contributed by atoms with Crippen LogP contribution in [0.1, 0.15) is 39.5 Å². The Hall–Kier alpha value is -0.120. The Balaban J connectivity index is 1.80. The second-order valence-corrected chi connectivity index (χ2v) is 6.69. The molecule has 0 spiro atoms. The van der Waals surface area contributed by atoms with Gasteiger partial charge in [-0.2, -0.15) is 0 Å². The molecular weight excluding hydrogens is 222 g/mol. The summed E-state index contributed by atoms with van der Waals surface area (Å²) in [6.07, 6.45) is 5.49. The van der Waals surface area contributed by atoms with Crippen molar-refractivity contribution in [2.45, 2.75) is 57.7 Å². The van der Waals surface area contributed by atoms with Crippen LogP contribution in [0, 0.1) is 5.92 Å². The van der Waals surface area contributed by atoms with Gasteiger partial charge in [0.25, 0.3) is 0 Å². The van der Waals surface area contributed by atoms with Gasteiger partial charge in [-0.25, -0.2) is 0 Å². The molecule has 3 nitrogen and oxygen atoms in total. The van der Waals surface area contributed by atoms with Crippen molar-refractivity contribution < 1.29 is 0 Å². The van der Waals surface area contributed by atoms with E-state index in [4.69, 9.17) is 0 Å². The average Bonchev–Trinajstić information content (AvgIpc) is 2.73. The lowest BCUT2D eigenvalue weighted by atomic mass is 9.98. The zero-order chi connectivity index (χ0) is 13.1. The molecule has 4 unspecified atom stereocenters. The second-order valence-electron chi connectivity index (χ2n) is 6.69. The van der Waals surface area contributed by atoms with E-state index in [9.17, 15) is 0 Å². The number of hydrogen-bond acceptors (Lipinski definition) is 3. The number of rotatable bonds is 4. The Bertz CT molecular complexity index is 248. The van der Waals surface area contributed by atoms with Gasteiger partial charge >= 0.3 is 0 Å². The van der Waals surface area contributed by atoms with E-state index in [-0.39, 0.29) is 0 Å². The number of likely N-dealkylation sites (N-methyl/N-ethyl adjacent to an activating group) is 1. The lowest BCUT2D eigenvalue weighted by molar-refractivity contribution is 0.198. The minimum absolute atomic E-state index is 0.730. The molecule has 106 valence electrons. The fraction of sp³-hybridized carbons (Fsp3) is 1.00. The van der Waals surface area contributed by atoms with Gasteiger partial charge in [-0.3, -0.25) is 4.90 Å². The van der Waals surface area contributed by atoms with Gasteiger partial charge in [-0.15, -0.1) is 0 Å². The van der Waals surface area contributed by atoms with Gasteiger partial charge in [0.2, 0.25) is 0 Å². The monoisotopic (exact) mass is 253 g/mol. The van der Waals surface area contributed by atoms with Crippen molar-refractivity contribution in [2.24, 2.45) is 5.92 Å². The first-order valence-corrected chi connectivity index (χ1v) is 7.71. The summed E-state index contributed by atoms with van der Waals surface area (Å²) in [5, 5.41) is 3.68. The highest BCUT2D eigenvalue weighted by Gasteiger charge is 2.33. The SMILES string of the molecule is CC1CN(C(C)CC2CCCCN2)CC1N(C)C. The summed E-state index contributed by atoms with van der Waals surface area (Å²) in [5.74, 6) is 0.807. The first kappa shape index (κ1) is 14.3. The highest BCUT2D eigenvalue weighted by atomic mass is 15.3. The van der Waals surface area contributed by atoms with Crippen LogP contribution in [0.5, 0.6) is 0 Å². The summed E-state index contributed by atoms with van der Waals surface area (Å²) >= 11 is 0. The summed E-state index contributed by atoms with van der Waals surface area (Å²) in [4.78, 5) is 5.10. The summed E-state index contributed by atoms with van der Waals surface area (Å²) in [6, 6.07) is 2.24. The summed E-state index contributed by atoms with van der Waals surface area (Å²) in [5.41, 5.74) is 0. The van der Waals surface area contributed by atoms with Crippen molar-refractivity contribution in [1.29, 1.82) is 0 Å². The van der Waals surface area contributed by atoms with E-state index in [1.807, 2.05) is 0 Å². The van der Waals surface area contributed by atoms with Crippen molar-refractivity contribution in [3.63, 3.8) is 0 Å². The minimum atomic E-state index is 0.730. The second kappa shape index (κ2) is 6.36. The Morgan fingerprint density at radius 2 is 2.06 bits per heavy atom. The van der Waals surface area contributed by atoms with E-state index in [0.717, 1.165) is 24.0 Å². The molecule has 0 saturated carbocycles. The van der Waals surface area contributed by atoms with Crippen LogP contribution in [0.4, 0.5) is 0 Å². The number of piperidine rings is 1. The van der Waals surface area contributed by atoms with Gasteiger partial charge in [0.1, 0.15) is 0 Å². The smallest absolute Gasteiger partial charge is 0.0254 e. The summed E-state index contributed by atoms with van der Waals surface area (Å²) < 4.78 is 0. The third-order valence-electron chi connectivity index (χ3n) is 4.93. The van der Waals surface area contributed by atoms with Crippen LogP contribution in [0.25, 0.3) is 0 Å². The molecule has 2 fully saturated rings. The quantitative estimate of drug-likeness (QED) is 0.824. The predicted octanol–water partition coefficient (Wildman–Crippen LogP) is 1.79. The van der Waals surface area contributed by atoms with E-state index in [1.54, 1.807) is 0 Å². The van der Waals surface area contributed by atoms with Crippen molar-refractivity contribution in [3.05, 3.63) is 0 Å². The van der Waals surface area contributed by atoms with E-state index in [0.29, 0.717) is 0 Å². The van der Waals surface area contributed by atoms with Crippen LogP contribution in [0.3, 0.4) is 0 Å². The maximum Gasteiger partial charge on any atom is 0.0254 e. The number of nitrogens with zero attached hydrogens (tertiary/aromatic N) is 2. The molecule has 2 saturated heterocycles. The first-order valence-electron chi connectivity index (χ1n) is 7.71. The molecule has 2 rings (SSSR count). The van der Waals surface area contributed by atoms with Gasteiger partial charge in [-0.1, -0.05) is 13.3 Å². The van der Waals surface area contributed by atoms with Gasteiger partial charge in [0.05, 0.1) is 0 Å². The maximum atomic E-state index is 3.68. The third kappa shape index (κ3) is 3.46. The Labute approximate surface area is 113 Å². The zero-order valence-corrected chi connectivity index (χ0v) is 12.7. The van der Waals surface area contributed by atoms with Crippen LogP contribution >= 0.6 is 0 Å². The lowest BCUT2D eigenvalue weighted by Gasteiger charge is -2.31. The first-order chi connectivity index (χ1) is 8.58. The molecule has 2 aliphatic heterocycles. The zero-order valence-electron chi connectivity index (χ0n) is 12.7.